The summed E-state index contributed by atoms with van der Waals surface area (Å²) in [6, 6.07) is 21.8. The Balaban J connectivity index is 1.24. The second-order valence-electron chi connectivity index (χ2n) is 9.78. The number of benzene rings is 3. The van der Waals surface area contributed by atoms with E-state index in [1.807, 2.05) is 31.2 Å². The lowest BCUT2D eigenvalue weighted by Crippen LogP contribution is -2.31. The van der Waals surface area contributed by atoms with Gasteiger partial charge in [0, 0.05) is 10.2 Å². The number of imide groups is 1. The molecule has 5 rings (SSSR count). The van der Waals surface area contributed by atoms with Crippen LogP contribution in [0.5, 0.6) is 0 Å². The van der Waals surface area contributed by atoms with Crippen LogP contribution in [-0.2, 0) is 19.1 Å². The lowest BCUT2D eigenvalue weighted by atomic mass is 9.73. The van der Waals surface area contributed by atoms with Gasteiger partial charge in [-0.3, -0.25) is 19.3 Å². The van der Waals surface area contributed by atoms with Crippen LogP contribution < -0.4 is 10.2 Å². The molecule has 2 fully saturated rings. The molecule has 8 heteroatoms. The number of aryl methyl sites for hydroxylation is 1. The van der Waals surface area contributed by atoms with Gasteiger partial charge in [-0.25, -0.2) is 4.79 Å². The summed E-state index contributed by atoms with van der Waals surface area (Å²) < 4.78 is 6.10. The number of esters is 1. The normalized spacial score (nSPS) is 20.7. The average molecular weight is 575 g/mol. The third-order valence-electron chi connectivity index (χ3n) is 7.33. The highest BCUT2D eigenvalue weighted by Gasteiger charge is 2.50. The minimum absolute atomic E-state index is 0.160. The topological polar surface area (TPSA) is 92.8 Å². The molecule has 38 heavy (non-hydrogen) atoms. The molecule has 3 amide bonds. The van der Waals surface area contributed by atoms with Gasteiger partial charge in [0.2, 0.25) is 11.8 Å². The van der Waals surface area contributed by atoms with Crippen LogP contribution in [0, 0.1) is 18.8 Å². The Kier molecular flexibility index (Phi) is 7.42. The first kappa shape index (κ1) is 25.9. The number of rotatable bonds is 6. The summed E-state index contributed by atoms with van der Waals surface area (Å²) in [6.07, 6.45) is 2.14. The van der Waals surface area contributed by atoms with E-state index >= 15 is 0 Å². The molecule has 0 aromatic heterocycles. The Morgan fingerprint density at radius 1 is 0.947 bits per heavy atom. The fourth-order valence-corrected chi connectivity index (χ4v) is 5.88. The van der Waals surface area contributed by atoms with Gasteiger partial charge in [-0.2, -0.15) is 0 Å². The zero-order valence-corrected chi connectivity index (χ0v) is 22.4. The maximum Gasteiger partial charge on any atom is 0.338 e. The van der Waals surface area contributed by atoms with Crippen molar-refractivity contribution in [2.45, 2.75) is 32.1 Å². The molecule has 7 nitrogen and oxygen atoms in total. The summed E-state index contributed by atoms with van der Waals surface area (Å²) in [5, 5.41) is 2.72. The molecule has 0 radical (unpaired) electrons. The molecular formula is C30H27BrN2O5. The number of hydrogen-bond donors (Lipinski definition) is 1. The van der Waals surface area contributed by atoms with E-state index in [0.717, 1.165) is 16.5 Å². The molecule has 0 unspecified atom stereocenters. The van der Waals surface area contributed by atoms with E-state index in [9.17, 15) is 19.2 Å². The van der Waals surface area contributed by atoms with Gasteiger partial charge in [-0.1, -0.05) is 52.3 Å². The van der Waals surface area contributed by atoms with E-state index in [-0.39, 0.29) is 35.1 Å². The predicted molar refractivity (Wildman–Crippen MR) is 147 cm³/mol. The maximum atomic E-state index is 13.4. The smallest absolute Gasteiger partial charge is 0.338 e. The van der Waals surface area contributed by atoms with Crippen molar-refractivity contribution >= 4 is 51.0 Å². The van der Waals surface area contributed by atoms with Crippen LogP contribution in [0.15, 0.2) is 77.3 Å². The molecule has 0 spiro atoms. The number of anilines is 2. The highest BCUT2D eigenvalue weighted by Crippen LogP contribution is 2.45. The number of carbonyl (C=O) groups is 4. The molecule has 1 heterocycles. The number of nitrogens with zero attached hydrogens (tertiary/aromatic N) is 1. The third kappa shape index (κ3) is 5.27. The SMILES string of the molecule is Cc1cc(Br)ccc1NC(=O)COC(=O)c1cccc(N2C(=O)[C@@H]3CC[C@@H](c4ccccc4)C[C@H]3C2=O)c1. The van der Waals surface area contributed by atoms with E-state index < -0.39 is 18.5 Å². The van der Waals surface area contributed by atoms with Gasteiger partial charge in [-0.15, -0.1) is 0 Å². The van der Waals surface area contributed by atoms with Crippen LogP contribution in [0.3, 0.4) is 0 Å². The summed E-state index contributed by atoms with van der Waals surface area (Å²) >= 11 is 3.38. The Labute approximate surface area is 229 Å². The first-order valence-corrected chi connectivity index (χ1v) is 13.4. The van der Waals surface area contributed by atoms with Crippen molar-refractivity contribution in [3.05, 3.63) is 94.0 Å². The van der Waals surface area contributed by atoms with Crippen molar-refractivity contribution in [1.82, 2.24) is 0 Å². The third-order valence-corrected chi connectivity index (χ3v) is 7.83. The summed E-state index contributed by atoms with van der Waals surface area (Å²) in [7, 11) is 0. The second kappa shape index (κ2) is 10.9. The molecule has 2 aliphatic rings. The first-order chi connectivity index (χ1) is 18.3. The molecule has 1 aliphatic heterocycles. The van der Waals surface area contributed by atoms with Crippen LogP contribution >= 0.6 is 15.9 Å². The number of halogens is 1. The zero-order valence-electron chi connectivity index (χ0n) is 20.9. The number of carbonyl (C=O) groups excluding carboxylic acids is 4. The van der Waals surface area contributed by atoms with E-state index in [4.69, 9.17) is 4.74 Å². The molecule has 1 aliphatic carbocycles. The summed E-state index contributed by atoms with van der Waals surface area (Å²) in [5.41, 5.74) is 3.18. The Morgan fingerprint density at radius 2 is 1.71 bits per heavy atom. The highest BCUT2D eigenvalue weighted by molar-refractivity contribution is 9.10. The summed E-state index contributed by atoms with van der Waals surface area (Å²) in [5.74, 6) is -2.11. The van der Waals surface area contributed by atoms with Gasteiger partial charge in [0.05, 0.1) is 23.1 Å². The predicted octanol–water partition coefficient (Wildman–Crippen LogP) is 5.63. The maximum absolute atomic E-state index is 13.4. The van der Waals surface area contributed by atoms with E-state index in [2.05, 4.69) is 33.4 Å². The number of amides is 3. The summed E-state index contributed by atoms with van der Waals surface area (Å²) in [6.45, 7) is 1.39. The van der Waals surface area contributed by atoms with Gasteiger partial charge >= 0.3 is 5.97 Å². The number of ether oxygens (including phenoxy) is 1. The number of hydrogen-bond acceptors (Lipinski definition) is 5. The van der Waals surface area contributed by atoms with Crippen molar-refractivity contribution in [1.29, 1.82) is 0 Å². The highest BCUT2D eigenvalue weighted by atomic mass is 79.9. The Bertz CT molecular complexity index is 1410. The van der Waals surface area contributed by atoms with Crippen LogP contribution in [0.4, 0.5) is 11.4 Å². The molecule has 1 saturated heterocycles. The quantitative estimate of drug-likeness (QED) is 0.304. The van der Waals surface area contributed by atoms with Gasteiger partial charge < -0.3 is 10.1 Å². The largest absolute Gasteiger partial charge is 0.452 e. The second-order valence-corrected chi connectivity index (χ2v) is 10.7. The lowest BCUT2D eigenvalue weighted by molar-refractivity contribution is -0.122. The van der Waals surface area contributed by atoms with Crippen LogP contribution in [0.2, 0.25) is 0 Å². The first-order valence-electron chi connectivity index (χ1n) is 12.6. The molecule has 3 aromatic rings. The molecule has 194 valence electrons. The van der Waals surface area contributed by atoms with Crippen molar-refractivity contribution in [3.8, 4) is 0 Å². The minimum Gasteiger partial charge on any atom is -0.452 e. The van der Waals surface area contributed by atoms with Crippen molar-refractivity contribution < 1.29 is 23.9 Å². The van der Waals surface area contributed by atoms with Crippen molar-refractivity contribution in [2.75, 3.05) is 16.8 Å². The fraction of sp³-hybridized carbons (Fsp3) is 0.267. The standard InChI is InChI=1S/C30H27BrN2O5/c1-18-14-22(31)11-13-26(18)32-27(34)17-38-30(37)21-8-5-9-23(15-21)33-28(35)24-12-10-20(16-25(24)29(33)36)19-6-3-2-4-7-19/h2-9,11,13-15,20,24-25H,10,12,16-17H2,1H3,(H,32,34)/t20-,24-,25-/m1/s1. The molecule has 0 bridgehead atoms. The molecular weight excluding hydrogens is 548 g/mol. The van der Waals surface area contributed by atoms with Crippen LogP contribution in [-0.4, -0.2) is 30.3 Å². The molecule has 1 saturated carbocycles. The Hall–Kier alpha value is -3.78. The Morgan fingerprint density at radius 3 is 2.47 bits per heavy atom. The van der Waals surface area contributed by atoms with Gasteiger partial charge in [0.15, 0.2) is 6.61 Å². The molecule has 3 atom stereocenters. The summed E-state index contributed by atoms with van der Waals surface area (Å²) in [4.78, 5) is 52.9. The van der Waals surface area contributed by atoms with Crippen LogP contribution in [0.1, 0.15) is 46.7 Å². The van der Waals surface area contributed by atoms with E-state index in [1.165, 1.54) is 22.6 Å². The lowest BCUT2D eigenvalue weighted by Gasteiger charge is -2.28. The minimum atomic E-state index is -0.713. The zero-order chi connectivity index (χ0) is 26.8. The van der Waals surface area contributed by atoms with Crippen LogP contribution in [0.25, 0.3) is 0 Å². The average Bonchev–Trinajstić information content (AvgIpc) is 3.18. The number of nitrogens with one attached hydrogen (secondary N) is 1. The van der Waals surface area contributed by atoms with Crippen molar-refractivity contribution in [3.63, 3.8) is 0 Å². The monoisotopic (exact) mass is 574 g/mol. The molecule has 3 aromatic carbocycles. The van der Waals surface area contributed by atoms with Gasteiger partial charge in [-0.05, 0) is 79.6 Å². The number of fused-ring (bicyclic) bond motifs is 1. The molecule has 1 N–H and O–H groups in total. The van der Waals surface area contributed by atoms with E-state index in [0.29, 0.717) is 24.2 Å². The van der Waals surface area contributed by atoms with Crippen molar-refractivity contribution in [2.24, 2.45) is 11.8 Å². The fourth-order valence-electron chi connectivity index (χ4n) is 5.40. The van der Waals surface area contributed by atoms with Gasteiger partial charge in [0.1, 0.15) is 0 Å². The van der Waals surface area contributed by atoms with Gasteiger partial charge in [0.25, 0.3) is 5.91 Å². The van der Waals surface area contributed by atoms with E-state index in [1.54, 1.807) is 24.3 Å².